The molecule has 0 unspecified atom stereocenters. The van der Waals surface area contributed by atoms with Crippen molar-refractivity contribution in [1.29, 1.82) is 0 Å². The number of likely N-dealkylation sites (N-methyl/N-ethyl adjacent to an activating group) is 1. The Morgan fingerprint density at radius 3 is 2.42 bits per heavy atom. The number of carbonyl (C=O) groups excluding carboxylic acids is 1. The van der Waals surface area contributed by atoms with Gasteiger partial charge in [0.25, 0.3) is 0 Å². The van der Waals surface area contributed by atoms with Crippen LogP contribution in [0.4, 0.5) is 0 Å². The van der Waals surface area contributed by atoms with E-state index in [1.165, 1.54) is 25.7 Å². The summed E-state index contributed by atoms with van der Waals surface area (Å²) in [5.74, 6) is 0.230. The Hall–Kier alpha value is -0.650. The molecule has 0 atom stereocenters. The normalized spacial score (nSPS) is 22.4. The Bertz CT molecular complexity index is 284. The van der Waals surface area contributed by atoms with E-state index in [4.69, 9.17) is 0 Å². The summed E-state index contributed by atoms with van der Waals surface area (Å²) >= 11 is 0. The minimum atomic E-state index is 0.145. The average molecular weight is 269 g/mol. The number of aliphatic hydroxyl groups excluding tert-OH is 1. The molecular weight excluding hydrogens is 242 g/mol. The van der Waals surface area contributed by atoms with Crippen LogP contribution >= 0.6 is 0 Å². The molecule has 5 heteroatoms. The molecule has 2 aliphatic rings. The van der Waals surface area contributed by atoms with E-state index in [0.29, 0.717) is 19.1 Å². The molecule has 1 aliphatic carbocycles. The highest BCUT2D eigenvalue weighted by molar-refractivity contribution is 5.78. The van der Waals surface area contributed by atoms with Crippen LogP contribution in [0.25, 0.3) is 0 Å². The van der Waals surface area contributed by atoms with Crippen molar-refractivity contribution in [3.8, 4) is 0 Å². The molecule has 0 aromatic carbocycles. The quantitative estimate of drug-likeness (QED) is 0.763. The molecule has 1 heterocycles. The third-order valence-corrected chi connectivity index (χ3v) is 4.42. The second-order valence-corrected chi connectivity index (χ2v) is 5.82. The number of nitrogens with zero attached hydrogens (tertiary/aromatic N) is 3. The molecule has 0 aromatic rings. The Morgan fingerprint density at radius 2 is 1.84 bits per heavy atom. The third-order valence-electron chi connectivity index (χ3n) is 4.42. The first kappa shape index (κ1) is 14.8. The Kier molecular flexibility index (Phi) is 5.60. The molecule has 2 fully saturated rings. The van der Waals surface area contributed by atoms with E-state index in [9.17, 15) is 9.90 Å². The summed E-state index contributed by atoms with van der Waals surface area (Å²) in [6.45, 7) is 4.87. The van der Waals surface area contributed by atoms with Crippen molar-refractivity contribution >= 4 is 5.91 Å². The number of hydrogen-bond donors (Lipinski definition) is 1. The van der Waals surface area contributed by atoms with Crippen molar-refractivity contribution < 1.29 is 9.90 Å². The highest BCUT2D eigenvalue weighted by Crippen LogP contribution is 2.23. The second kappa shape index (κ2) is 7.22. The number of carbonyl (C=O) groups is 1. The molecule has 19 heavy (non-hydrogen) atoms. The summed E-state index contributed by atoms with van der Waals surface area (Å²) in [5.41, 5.74) is 0. The van der Waals surface area contributed by atoms with Gasteiger partial charge in [0.05, 0.1) is 13.2 Å². The largest absolute Gasteiger partial charge is 0.395 e. The standard InChI is InChI=1S/C14H27N3O2/c1-15-6-8-16(9-7-15)14(19)12-17(10-11-18)13-4-2-3-5-13/h13,18H,2-12H2,1H3. The molecule has 1 saturated carbocycles. The van der Waals surface area contributed by atoms with Crippen LogP contribution in [0.1, 0.15) is 25.7 Å². The van der Waals surface area contributed by atoms with E-state index in [1.807, 2.05) is 4.90 Å². The first-order valence-corrected chi connectivity index (χ1v) is 7.52. The molecule has 0 radical (unpaired) electrons. The molecule has 5 nitrogen and oxygen atoms in total. The minimum absolute atomic E-state index is 0.145. The summed E-state index contributed by atoms with van der Waals surface area (Å²) in [6, 6.07) is 0.503. The van der Waals surface area contributed by atoms with Gasteiger partial charge in [0.1, 0.15) is 0 Å². The number of hydrogen-bond acceptors (Lipinski definition) is 4. The van der Waals surface area contributed by atoms with Gasteiger partial charge in [-0.2, -0.15) is 0 Å². The molecule has 1 saturated heterocycles. The minimum Gasteiger partial charge on any atom is -0.395 e. The van der Waals surface area contributed by atoms with E-state index in [2.05, 4.69) is 16.8 Å². The van der Waals surface area contributed by atoms with E-state index in [0.717, 1.165) is 26.2 Å². The topological polar surface area (TPSA) is 47.0 Å². The van der Waals surface area contributed by atoms with Crippen molar-refractivity contribution in [2.45, 2.75) is 31.7 Å². The maximum absolute atomic E-state index is 12.3. The lowest BCUT2D eigenvalue weighted by molar-refractivity contribution is -0.134. The zero-order chi connectivity index (χ0) is 13.7. The maximum atomic E-state index is 12.3. The lowest BCUT2D eigenvalue weighted by atomic mass is 10.2. The van der Waals surface area contributed by atoms with Crippen LogP contribution in [0.2, 0.25) is 0 Å². The highest BCUT2D eigenvalue weighted by Gasteiger charge is 2.26. The molecule has 1 aliphatic heterocycles. The van der Waals surface area contributed by atoms with Crippen LogP contribution in [-0.4, -0.2) is 84.7 Å². The molecule has 2 rings (SSSR count). The molecule has 1 amide bonds. The van der Waals surface area contributed by atoms with Gasteiger partial charge >= 0.3 is 0 Å². The lowest BCUT2D eigenvalue weighted by Gasteiger charge is -2.35. The first-order chi connectivity index (χ1) is 9.20. The first-order valence-electron chi connectivity index (χ1n) is 7.52. The number of rotatable bonds is 5. The number of piperazine rings is 1. The fraction of sp³-hybridized carbons (Fsp3) is 0.929. The molecule has 0 aromatic heterocycles. The predicted octanol–water partition coefficient (Wildman–Crippen LogP) is -0.00270. The average Bonchev–Trinajstić information content (AvgIpc) is 2.92. The molecule has 110 valence electrons. The van der Waals surface area contributed by atoms with Crippen LogP contribution in [0.5, 0.6) is 0 Å². The SMILES string of the molecule is CN1CCN(C(=O)CN(CCO)C2CCCC2)CC1. The van der Waals surface area contributed by atoms with Gasteiger partial charge < -0.3 is 14.9 Å². The van der Waals surface area contributed by atoms with Crippen LogP contribution in [-0.2, 0) is 4.79 Å². The van der Waals surface area contributed by atoms with Gasteiger partial charge in [0.15, 0.2) is 0 Å². The van der Waals surface area contributed by atoms with E-state index < -0.39 is 0 Å². The fourth-order valence-corrected chi connectivity index (χ4v) is 3.12. The smallest absolute Gasteiger partial charge is 0.236 e. The van der Waals surface area contributed by atoms with Gasteiger partial charge in [-0.25, -0.2) is 0 Å². The summed E-state index contributed by atoms with van der Waals surface area (Å²) in [5, 5.41) is 9.18. The Labute approximate surface area is 116 Å². The second-order valence-electron chi connectivity index (χ2n) is 5.82. The van der Waals surface area contributed by atoms with Gasteiger partial charge in [0, 0.05) is 38.8 Å². The lowest BCUT2D eigenvalue weighted by Crippen LogP contribution is -2.51. The van der Waals surface area contributed by atoms with Crippen molar-refractivity contribution in [1.82, 2.24) is 14.7 Å². The van der Waals surface area contributed by atoms with E-state index >= 15 is 0 Å². The summed E-state index contributed by atoms with van der Waals surface area (Å²) in [6.07, 6.45) is 4.87. The molecule has 0 bridgehead atoms. The summed E-state index contributed by atoms with van der Waals surface area (Å²) < 4.78 is 0. The zero-order valence-corrected chi connectivity index (χ0v) is 12.1. The highest BCUT2D eigenvalue weighted by atomic mass is 16.3. The van der Waals surface area contributed by atoms with Crippen LogP contribution in [0.15, 0.2) is 0 Å². The van der Waals surface area contributed by atoms with Gasteiger partial charge in [-0.3, -0.25) is 9.69 Å². The molecular formula is C14H27N3O2. The number of amides is 1. The summed E-state index contributed by atoms with van der Waals surface area (Å²) in [7, 11) is 2.10. The Morgan fingerprint density at radius 1 is 1.21 bits per heavy atom. The molecule has 1 N–H and O–H groups in total. The fourth-order valence-electron chi connectivity index (χ4n) is 3.12. The van der Waals surface area contributed by atoms with Crippen molar-refractivity contribution in [3.05, 3.63) is 0 Å². The van der Waals surface area contributed by atoms with Crippen molar-refractivity contribution in [2.75, 3.05) is 52.9 Å². The van der Waals surface area contributed by atoms with Crippen LogP contribution < -0.4 is 0 Å². The molecule has 0 spiro atoms. The van der Waals surface area contributed by atoms with Gasteiger partial charge in [-0.15, -0.1) is 0 Å². The van der Waals surface area contributed by atoms with E-state index in [-0.39, 0.29) is 12.5 Å². The van der Waals surface area contributed by atoms with E-state index in [1.54, 1.807) is 0 Å². The van der Waals surface area contributed by atoms with Gasteiger partial charge in [0.2, 0.25) is 5.91 Å². The van der Waals surface area contributed by atoms with Crippen molar-refractivity contribution in [3.63, 3.8) is 0 Å². The van der Waals surface area contributed by atoms with Crippen molar-refractivity contribution in [2.24, 2.45) is 0 Å². The third kappa shape index (κ3) is 4.16. The maximum Gasteiger partial charge on any atom is 0.236 e. The predicted molar refractivity (Wildman–Crippen MR) is 75.0 cm³/mol. The summed E-state index contributed by atoms with van der Waals surface area (Å²) in [4.78, 5) is 18.7. The van der Waals surface area contributed by atoms with Gasteiger partial charge in [-0.05, 0) is 19.9 Å². The van der Waals surface area contributed by atoms with Crippen LogP contribution in [0.3, 0.4) is 0 Å². The van der Waals surface area contributed by atoms with Crippen LogP contribution in [0, 0.1) is 0 Å². The monoisotopic (exact) mass is 269 g/mol. The number of aliphatic hydroxyl groups is 1. The van der Waals surface area contributed by atoms with Gasteiger partial charge in [-0.1, -0.05) is 12.8 Å². The zero-order valence-electron chi connectivity index (χ0n) is 12.1. The Balaban J connectivity index is 1.83.